The second kappa shape index (κ2) is 5.36. The molecule has 10 heteroatoms. The number of rotatable bonds is 4. The number of nitro benzene ring substituents is 1. The van der Waals surface area contributed by atoms with Crippen LogP contribution in [0.5, 0.6) is 0 Å². The fraction of sp³-hybridized carbons (Fsp3) is 0.0909. The van der Waals surface area contributed by atoms with Crippen molar-refractivity contribution < 1.29 is 9.85 Å². The molecule has 0 saturated carbocycles. The maximum atomic E-state index is 11.6. The third-order valence-corrected chi connectivity index (χ3v) is 2.76. The number of nitrogen functional groups attached to an aromatic ring is 1. The molecule has 2 rings (SSSR count). The van der Waals surface area contributed by atoms with E-state index in [1.807, 2.05) is 0 Å². The molecule has 0 radical (unpaired) electrons. The first kappa shape index (κ1) is 14.1. The summed E-state index contributed by atoms with van der Waals surface area (Å²) in [6, 6.07) is 4.14. The van der Waals surface area contributed by atoms with Crippen LogP contribution in [0.4, 0.5) is 17.1 Å². The average molecular weight is 291 g/mol. The minimum atomic E-state index is -0.716. The van der Waals surface area contributed by atoms with Crippen molar-refractivity contribution in [3.63, 3.8) is 0 Å². The van der Waals surface area contributed by atoms with Gasteiger partial charge in [-0.15, -0.1) is 0 Å². The molecule has 0 spiro atoms. The highest BCUT2D eigenvalue weighted by atomic mass is 16.6. The van der Waals surface area contributed by atoms with Crippen LogP contribution in [0.2, 0.25) is 0 Å². The number of nitro groups is 2. The van der Waals surface area contributed by atoms with Crippen LogP contribution in [-0.2, 0) is 6.54 Å². The molecule has 10 nitrogen and oxygen atoms in total. The summed E-state index contributed by atoms with van der Waals surface area (Å²) in [5.41, 5.74) is 4.50. The number of hydrogen-bond acceptors (Lipinski definition) is 7. The van der Waals surface area contributed by atoms with Gasteiger partial charge in [-0.05, 0) is 0 Å². The molecule has 0 bridgehead atoms. The number of nitrogens with zero attached hydrogens (tertiary/aromatic N) is 4. The summed E-state index contributed by atoms with van der Waals surface area (Å²) >= 11 is 0. The summed E-state index contributed by atoms with van der Waals surface area (Å²) in [5, 5.41) is 21.5. The van der Waals surface area contributed by atoms with Crippen molar-refractivity contribution in [3.8, 4) is 0 Å². The molecule has 0 fully saturated rings. The summed E-state index contributed by atoms with van der Waals surface area (Å²) in [6.45, 7) is -0.152. The molecule has 2 N–H and O–H groups in total. The monoisotopic (exact) mass is 291 g/mol. The molecule has 2 aromatic rings. The normalized spacial score (nSPS) is 10.3. The Morgan fingerprint density at radius 3 is 2.57 bits per heavy atom. The van der Waals surface area contributed by atoms with Crippen LogP contribution in [-0.4, -0.2) is 19.4 Å². The number of benzene rings is 1. The summed E-state index contributed by atoms with van der Waals surface area (Å²) in [4.78, 5) is 35.1. The molecule has 1 aromatic carbocycles. The Hall–Kier alpha value is -3.30. The van der Waals surface area contributed by atoms with E-state index in [1.54, 1.807) is 0 Å². The Balaban J connectivity index is 2.46. The van der Waals surface area contributed by atoms with Crippen molar-refractivity contribution in [3.05, 3.63) is 66.9 Å². The SMILES string of the molecule is Nc1c(Cn2cc([N+](=O)[O-])cnc2=O)cccc1[N+](=O)[O-]. The van der Waals surface area contributed by atoms with Gasteiger partial charge in [0.15, 0.2) is 0 Å². The maximum Gasteiger partial charge on any atom is 0.348 e. The Kier molecular flexibility index (Phi) is 3.61. The van der Waals surface area contributed by atoms with Crippen LogP contribution in [0.1, 0.15) is 5.56 Å². The molecule has 0 aliphatic heterocycles. The topological polar surface area (TPSA) is 147 Å². The van der Waals surface area contributed by atoms with Crippen LogP contribution in [0, 0.1) is 20.2 Å². The van der Waals surface area contributed by atoms with E-state index in [9.17, 15) is 25.0 Å². The highest BCUT2D eigenvalue weighted by Gasteiger charge is 2.16. The van der Waals surface area contributed by atoms with Gasteiger partial charge in [0.05, 0.1) is 22.6 Å². The van der Waals surface area contributed by atoms with Gasteiger partial charge in [-0.3, -0.25) is 24.8 Å². The summed E-state index contributed by atoms with van der Waals surface area (Å²) in [7, 11) is 0. The van der Waals surface area contributed by atoms with Gasteiger partial charge in [-0.2, -0.15) is 4.98 Å². The van der Waals surface area contributed by atoms with Gasteiger partial charge in [0.1, 0.15) is 11.9 Å². The lowest BCUT2D eigenvalue weighted by atomic mass is 10.1. The van der Waals surface area contributed by atoms with Gasteiger partial charge in [0.2, 0.25) is 0 Å². The first-order valence-corrected chi connectivity index (χ1v) is 5.63. The Morgan fingerprint density at radius 1 is 1.24 bits per heavy atom. The molecule has 0 aliphatic carbocycles. The van der Waals surface area contributed by atoms with Crippen LogP contribution in [0.15, 0.2) is 35.4 Å². The van der Waals surface area contributed by atoms with Crippen molar-refractivity contribution in [2.45, 2.75) is 6.54 Å². The maximum absolute atomic E-state index is 11.6. The van der Waals surface area contributed by atoms with Crippen LogP contribution >= 0.6 is 0 Å². The van der Waals surface area contributed by atoms with Crippen LogP contribution in [0.25, 0.3) is 0 Å². The Labute approximate surface area is 116 Å². The van der Waals surface area contributed by atoms with Gasteiger partial charge < -0.3 is 5.73 Å². The van der Waals surface area contributed by atoms with Gasteiger partial charge in [0.25, 0.3) is 5.69 Å². The zero-order valence-electron chi connectivity index (χ0n) is 10.5. The Bertz CT molecular complexity index is 785. The number of para-hydroxylation sites is 1. The first-order valence-electron chi connectivity index (χ1n) is 5.63. The Morgan fingerprint density at radius 2 is 1.95 bits per heavy atom. The smallest absolute Gasteiger partial charge is 0.348 e. The molecule has 21 heavy (non-hydrogen) atoms. The molecule has 0 unspecified atom stereocenters. The number of anilines is 1. The van der Waals surface area contributed by atoms with Crippen molar-refractivity contribution >= 4 is 17.1 Å². The lowest BCUT2D eigenvalue weighted by Crippen LogP contribution is -2.23. The highest BCUT2D eigenvalue weighted by molar-refractivity contribution is 5.63. The van der Waals surface area contributed by atoms with Crippen molar-refractivity contribution in [1.82, 2.24) is 9.55 Å². The van der Waals surface area contributed by atoms with E-state index in [0.29, 0.717) is 5.56 Å². The number of hydrogen-bond donors (Lipinski definition) is 1. The number of nitrogens with two attached hydrogens (primary N) is 1. The molecule has 0 aliphatic rings. The highest BCUT2D eigenvalue weighted by Crippen LogP contribution is 2.25. The van der Waals surface area contributed by atoms with Gasteiger partial charge >= 0.3 is 11.4 Å². The van der Waals surface area contributed by atoms with E-state index in [-0.39, 0.29) is 23.6 Å². The lowest BCUT2D eigenvalue weighted by molar-refractivity contribution is -0.385. The van der Waals surface area contributed by atoms with Crippen molar-refractivity contribution in [2.75, 3.05) is 5.73 Å². The zero-order valence-corrected chi connectivity index (χ0v) is 10.5. The first-order chi connectivity index (χ1) is 9.90. The minimum absolute atomic E-state index is 0.0964. The van der Waals surface area contributed by atoms with E-state index in [2.05, 4.69) is 4.98 Å². The number of aromatic nitrogens is 2. The quantitative estimate of drug-likeness (QED) is 0.495. The van der Waals surface area contributed by atoms with Crippen molar-refractivity contribution in [2.24, 2.45) is 0 Å². The van der Waals surface area contributed by atoms with E-state index < -0.39 is 15.5 Å². The average Bonchev–Trinajstić information content (AvgIpc) is 2.42. The van der Waals surface area contributed by atoms with Gasteiger partial charge in [0, 0.05) is 11.6 Å². The van der Waals surface area contributed by atoms with E-state index in [4.69, 9.17) is 5.73 Å². The molecule has 0 saturated heterocycles. The van der Waals surface area contributed by atoms with Gasteiger partial charge in [-0.1, -0.05) is 12.1 Å². The van der Waals surface area contributed by atoms with Gasteiger partial charge in [-0.25, -0.2) is 4.79 Å². The fourth-order valence-corrected chi connectivity index (χ4v) is 1.73. The van der Waals surface area contributed by atoms with E-state index >= 15 is 0 Å². The molecular formula is C11H9N5O5. The van der Waals surface area contributed by atoms with E-state index in [0.717, 1.165) is 17.0 Å². The predicted octanol–water partition coefficient (Wildman–Crippen LogP) is 0.690. The molecule has 0 amide bonds. The molecule has 1 heterocycles. The molecule has 1 aromatic heterocycles. The second-order valence-electron chi connectivity index (χ2n) is 4.09. The zero-order chi connectivity index (χ0) is 15.6. The predicted molar refractivity (Wildman–Crippen MR) is 71.8 cm³/mol. The third kappa shape index (κ3) is 2.83. The largest absolute Gasteiger partial charge is 0.393 e. The molecule has 108 valence electrons. The standard InChI is InChI=1S/C11H9N5O5/c12-10-7(2-1-3-9(10)16(20)21)5-14-6-8(15(18)19)4-13-11(14)17/h1-4,6H,5,12H2. The van der Waals surface area contributed by atoms with Crippen molar-refractivity contribution in [1.29, 1.82) is 0 Å². The second-order valence-corrected chi connectivity index (χ2v) is 4.09. The molecule has 0 atom stereocenters. The summed E-state index contributed by atoms with van der Waals surface area (Å²) in [5.74, 6) is 0. The summed E-state index contributed by atoms with van der Waals surface area (Å²) in [6.07, 6.45) is 1.85. The third-order valence-electron chi connectivity index (χ3n) is 2.76. The molecular weight excluding hydrogens is 282 g/mol. The fourth-order valence-electron chi connectivity index (χ4n) is 1.73. The van der Waals surface area contributed by atoms with E-state index in [1.165, 1.54) is 18.2 Å². The van der Waals surface area contributed by atoms with Crippen LogP contribution in [0.3, 0.4) is 0 Å². The van der Waals surface area contributed by atoms with Crippen LogP contribution < -0.4 is 11.4 Å². The lowest BCUT2D eigenvalue weighted by Gasteiger charge is -2.07. The summed E-state index contributed by atoms with van der Waals surface area (Å²) < 4.78 is 0.966. The minimum Gasteiger partial charge on any atom is -0.393 e.